The van der Waals surface area contributed by atoms with Gasteiger partial charge in [-0.25, -0.2) is 0 Å². The molecule has 120 valence electrons. The van der Waals surface area contributed by atoms with Gasteiger partial charge in [-0.2, -0.15) is 0 Å². The molecule has 4 nitrogen and oxygen atoms in total. The molecule has 3 rings (SSSR count). The van der Waals surface area contributed by atoms with E-state index in [0.717, 1.165) is 11.1 Å². The third-order valence-corrected chi connectivity index (χ3v) is 4.26. The molecular formula is C19H21NO3. The highest BCUT2D eigenvalue weighted by Crippen LogP contribution is 2.41. The van der Waals surface area contributed by atoms with Gasteiger partial charge in [0.25, 0.3) is 0 Å². The highest BCUT2D eigenvalue weighted by atomic mass is 16.5. The smallest absolute Gasteiger partial charge is 0.203 e. The molecule has 0 aliphatic heterocycles. The van der Waals surface area contributed by atoms with Gasteiger partial charge in [-0.15, -0.1) is 0 Å². The lowest BCUT2D eigenvalue weighted by atomic mass is 9.92. The van der Waals surface area contributed by atoms with E-state index in [1.54, 1.807) is 21.3 Å². The number of hydrogen-bond donors (Lipinski definition) is 1. The van der Waals surface area contributed by atoms with Crippen LogP contribution >= 0.6 is 0 Å². The summed E-state index contributed by atoms with van der Waals surface area (Å²) in [6.45, 7) is 2.18. The highest BCUT2D eigenvalue weighted by molar-refractivity contribution is 5.80. The standard InChI is InChI=1S/C19H21NO3/c1-12(13-5-6-16-14(9-13)7-8-20-16)15-10-17(21-2)19(23-4)18(11-15)22-3/h5-12,20H,1-4H3. The van der Waals surface area contributed by atoms with Crippen molar-refractivity contribution >= 4 is 10.9 Å². The number of H-pyrrole nitrogens is 1. The fourth-order valence-corrected chi connectivity index (χ4v) is 2.88. The lowest BCUT2D eigenvalue weighted by Crippen LogP contribution is -2.01. The average Bonchev–Trinajstić information content (AvgIpc) is 3.07. The molecule has 1 atom stereocenters. The number of ether oxygens (including phenoxy) is 3. The summed E-state index contributed by atoms with van der Waals surface area (Å²) in [6, 6.07) is 12.6. The van der Waals surface area contributed by atoms with E-state index in [1.807, 2.05) is 18.3 Å². The Bertz CT molecular complexity index is 797. The van der Waals surface area contributed by atoms with Crippen LogP contribution in [0.5, 0.6) is 17.2 Å². The van der Waals surface area contributed by atoms with Crippen molar-refractivity contribution in [3.05, 3.63) is 53.7 Å². The van der Waals surface area contributed by atoms with Crippen LogP contribution in [0.2, 0.25) is 0 Å². The average molecular weight is 311 g/mol. The van der Waals surface area contributed by atoms with Crippen molar-refractivity contribution in [2.24, 2.45) is 0 Å². The molecule has 23 heavy (non-hydrogen) atoms. The Morgan fingerprint density at radius 1 is 0.826 bits per heavy atom. The number of nitrogens with one attached hydrogen (secondary N) is 1. The molecule has 0 aliphatic rings. The van der Waals surface area contributed by atoms with Crippen LogP contribution < -0.4 is 14.2 Å². The lowest BCUT2D eigenvalue weighted by molar-refractivity contribution is 0.323. The predicted molar refractivity (Wildman–Crippen MR) is 91.9 cm³/mol. The molecule has 1 N–H and O–H groups in total. The van der Waals surface area contributed by atoms with Crippen LogP contribution in [0, 0.1) is 0 Å². The Morgan fingerprint density at radius 3 is 2.13 bits per heavy atom. The van der Waals surface area contributed by atoms with Gasteiger partial charge in [-0.05, 0) is 46.8 Å². The van der Waals surface area contributed by atoms with Gasteiger partial charge in [0, 0.05) is 17.6 Å². The molecule has 0 saturated heterocycles. The zero-order chi connectivity index (χ0) is 16.4. The van der Waals surface area contributed by atoms with E-state index < -0.39 is 0 Å². The molecule has 3 aromatic rings. The number of fused-ring (bicyclic) bond motifs is 1. The zero-order valence-corrected chi connectivity index (χ0v) is 13.8. The normalized spacial score (nSPS) is 12.2. The minimum Gasteiger partial charge on any atom is -0.493 e. The van der Waals surface area contributed by atoms with Crippen molar-refractivity contribution in [2.45, 2.75) is 12.8 Å². The molecule has 0 aliphatic carbocycles. The maximum absolute atomic E-state index is 5.45. The number of aromatic nitrogens is 1. The summed E-state index contributed by atoms with van der Waals surface area (Å²) in [4.78, 5) is 3.22. The van der Waals surface area contributed by atoms with Crippen molar-refractivity contribution in [1.82, 2.24) is 4.98 Å². The molecule has 0 bridgehead atoms. The van der Waals surface area contributed by atoms with Crippen LogP contribution in [0.15, 0.2) is 42.6 Å². The van der Waals surface area contributed by atoms with Gasteiger partial charge in [0.05, 0.1) is 21.3 Å². The molecule has 4 heteroatoms. The van der Waals surface area contributed by atoms with Crippen molar-refractivity contribution in [1.29, 1.82) is 0 Å². The van der Waals surface area contributed by atoms with Gasteiger partial charge < -0.3 is 19.2 Å². The largest absolute Gasteiger partial charge is 0.493 e. The number of aromatic amines is 1. The summed E-state index contributed by atoms with van der Waals surface area (Å²) in [5, 5.41) is 1.21. The number of benzene rings is 2. The van der Waals surface area contributed by atoms with Crippen LogP contribution in [-0.2, 0) is 0 Å². The molecule has 0 fully saturated rings. The molecule has 1 unspecified atom stereocenters. The van der Waals surface area contributed by atoms with Crippen LogP contribution in [0.25, 0.3) is 10.9 Å². The first-order valence-electron chi connectivity index (χ1n) is 7.55. The first kappa shape index (κ1) is 15.3. The van der Waals surface area contributed by atoms with Crippen molar-refractivity contribution in [2.75, 3.05) is 21.3 Å². The summed E-state index contributed by atoms with van der Waals surface area (Å²) in [6.07, 6.45) is 1.96. The Kier molecular flexibility index (Phi) is 4.15. The fraction of sp³-hybridized carbons (Fsp3) is 0.263. The first-order valence-corrected chi connectivity index (χ1v) is 7.55. The van der Waals surface area contributed by atoms with E-state index in [2.05, 4.69) is 36.2 Å². The number of rotatable bonds is 5. The molecule has 0 spiro atoms. The highest BCUT2D eigenvalue weighted by Gasteiger charge is 2.17. The summed E-state index contributed by atoms with van der Waals surface area (Å²) in [5.41, 5.74) is 3.51. The number of methoxy groups -OCH3 is 3. The Morgan fingerprint density at radius 2 is 1.52 bits per heavy atom. The quantitative estimate of drug-likeness (QED) is 0.762. The van der Waals surface area contributed by atoms with Crippen LogP contribution in [0.4, 0.5) is 0 Å². The van der Waals surface area contributed by atoms with Gasteiger partial charge in [-0.1, -0.05) is 13.0 Å². The second kappa shape index (κ2) is 6.24. The van der Waals surface area contributed by atoms with E-state index in [1.165, 1.54) is 10.9 Å². The molecule has 0 amide bonds. The van der Waals surface area contributed by atoms with E-state index in [0.29, 0.717) is 17.2 Å². The minimum atomic E-state index is 0.211. The maximum Gasteiger partial charge on any atom is 0.203 e. The molecule has 1 aromatic heterocycles. The second-order valence-corrected chi connectivity index (χ2v) is 5.50. The topological polar surface area (TPSA) is 43.5 Å². The molecule has 2 aromatic carbocycles. The Balaban J connectivity index is 2.05. The van der Waals surface area contributed by atoms with Crippen molar-refractivity contribution in [3.63, 3.8) is 0 Å². The van der Waals surface area contributed by atoms with Gasteiger partial charge >= 0.3 is 0 Å². The van der Waals surface area contributed by atoms with Gasteiger partial charge in [0.2, 0.25) is 5.75 Å². The monoisotopic (exact) mass is 311 g/mol. The minimum absolute atomic E-state index is 0.211. The van der Waals surface area contributed by atoms with E-state index in [-0.39, 0.29) is 5.92 Å². The number of hydrogen-bond acceptors (Lipinski definition) is 3. The molecular weight excluding hydrogens is 290 g/mol. The summed E-state index contributed by atoms with van der Waals surface area (Å²) in [5.74, 6) is 2.18. The van der Waals surface area contributed by atoms with Gasteiger partial charge in [0.1, 0.15) is 0 Å². The van der Waals surface area contributed by atoms with Gasteiger partial charge in [0.15, 0.2) is 11.5 Å². The Hall–Kier alpha value is -2.62. The van der Waals surface area contributed by atoms with Gasteiger partial charge in [-0.3, -0.25) is 0 Å². The molecule has 0 radical (unpaired) electrons. The van der Waals surface area contributed by atoms with Crippen molar-refractivity contribution < 1.29 is 14.2 Å². The van der Waals surface area contributed by atoms with E-state index in [9.17, 15) is 0 Å². The second-order valence-electron chi connectivity index (χ2n) is 5.50. The van der Waals surface area contributed by atoms with Crippen LogP contribution in [0.1, 0.15) is 24.0 Å². The third kappa shape index (κ3) is 2.72. The third-order valence-electron chi connectivity index (χ3n) is 4.26. The summed E-state index contributed by atoms with van der Waals surface area (Å²) in [7, 11) is 4.89. The molecule has 1 heterocycles. The van der Waals surface area contributed by atoms with Crippen LogP contribution in [-0.4, -0.2) is 26.3 Å². The first-order chi connectivity index (χ1) is 11.2. The van der Waals surface area contributed by atoms with E-state index in [4.69, 9.17) is 14.2 Å². The lowest BCUT2D eigenvalue weighted by Gasteiger charge is -2.18. The Labute approximate surface area is 136 Å². The SMILES string of the molecule is COc1cc(C(C)c2ccc3[nH]ccc3c2)cc(OC)c1OC. The summed E-state index contributed by atoms with van der Waals surface area (Å²) >= 11 is 0. The van der Waals surface area contributed by atoms with Crippen LogP contribution in [0.3, 0.4) is 0 Å². The molecule has 0 saturated carbocycles. The van der Waals surface area contributed by atoms with E-state index >= 15 is 0 Å². The van der Waals surface area contributed by atoms with Crippen molar-refractivity contribution in [3.8, 4) is 17.2 Å². The predicted octanol–water partition coefficient (Wildman–Crippen LogP) is 4.35. The zero-order valence-electron chi connectivity index (χ0n) is 13.8. The fourth-order valence-electron chi connectivity index (χ4n) is 2.88. The maximum atomic E-state index is 5.45. The summed E-state index contributed by atoms with van der Waals surface area (Å²) < 4.78 is 16.3.